The van der Waals surface area contributed by atoms with Crippen LogP contribution in [0.3, 0.4) is 0 Å². The molecule has 0 radical (unpaired) electrons. The van der Waals surface area contributed by atoms with Crippen molar-refractivity contribution in [1.82, 2.24) is 4.98 Å². The summed E-state index contributed by atoms with van der Waals surface area (Å²) in [6.45, 7) is 0. The Bertz CT molecular complexity index is 443. The van der Waals surface area contributed by atoms with Crippen LogP contribution in [0.4, 0.5) is 5.00 Å². The summed E-state index contributed by atoms with van der Waals surface area (Å²) in [6.07, 6.45) is 1.63. The molecule has 2 aromatic rings. The first-order valence-electron chi connectivity index (χ1n) is 3.14. The molecular formula is C7H6N2OS. The molecule has 56 valence electrons. The van der Waals surface area contributed by atoms with Crippen LogP contribution in [0.15, 0.2) is 23.1 Å². The van der Waals surface area contributed by atoms with Crippen LogP contribution in [0.1, 0.15) is 0 Å². The summed E-state index contributed by atoms with van der Waals surface area (Å²) in [6, 6.07) is 3.19. The molecule has 0 spiro atoms. The van der Waals surface area contributed by atoms with Crippen LogP contribution >= 0.6 is 11.3 Å². The van der Waals surface area contributed by atoms with Gasteiger partial charge in [0.2, 0.25) is 0 Å². The van der Waals surface area contributed by atoms with E-state index in [1.807, 2.05) is 0 Å². The van der Waals surface area contributed by atoms with Gasteiger partial charge in [0.05, 0.1) is 10.4 Å². The van der Waals surface area contributed by atoms with Crippen LogP contribution in [0, 0.1) is 0 Å². The molecule has 0 aliphatic heterocycles. The quantitative estimate of drug-likeness (QED) is 0.617. The topological polar surface area (TPSA) is 58.9 Å². The third-order valence-electron chi connectivity index (χ3n) is 1.47. The van der Waals surface area contributed by atoms with Gasteiger partial charge in [0.15, 0.2) is 5.43 Å². The monoisotopic (exact) mass is 166 g/mol. The molecule has 0 aliphatic rings. The summed E-state index contributed by atoms with van der Waals surface area (Å²) in [4.78, 5) is 14.9. The zero-order valence-corrected chi connectivity index (χ0v) is 6.44. The number of hydrogen-bond donors (Lipinski definition) is 2. The smallest absolute Gasteiger partial charge is 0.190 e. The van der Waals surface area contributed by atoms with Gasteiger partial charge in [-0.25, -0.2) is 0 Å². The molecule has 0 saturated carbocycles. The number of pyridine rings is 1. The Morgan fingerprint density at radius 1 is 1.55 bits per heavy atom. The summed E-state index contributed by atoms with van der Waals surface area (Å²) < 4.78 is 0. The van der Waals surface area contributed by atoms with Crippen molar-refractivity contribution in [3.05, 3.63) is 28.6 Å². The average molecular weight is 166 g/mol. The van der Waals surface area contributed by atoms with Crippen molar-refractivity contribution in [2.75, 3.05) is 5.73 Å². The second-order valence-corrected chi connectivity index (χ2v) is 3.32. The highest BCUT2D eigenvalue weighted by Gasteiger charge is 2.00. The van der Waals surface area contributed by atoms with E-state index in [9.17, 15) is 4.79 Å². The van der Waals surface area contributed by atoms with Crippen LogP contribution in [0.2, 0.25) is 0 Å². The molecule has 4 heteroatoms. The maximum absolute atomic E-state index is 11.1. The van der Waals surface area contributed by atoms with Gasteiger partial charge in [-0.3, -0.25) is 4.79 Å². The molecule has 0 fully saturated rings. The van der Waals surface area contributed by atoms with Gasteiger partial charge in [-0.2, -0.15) is 0 Å². The lowest BCUT2D eigenvalue weighted by atomic mass is 10.3. The molecule has 3 N–H and O–H groups in total. The number of fused-ring (bicyclic) bond motifs is 1. The van der Waals surface area contributed by atoms with Crippen molar-refractivity contribution in [2.45, 2.75) is 0 Å². The third-order valence-corrected chi connectivity index (χ3v) is 2.36. The minimum absolute atomic E-state index is 0.0201. The Kier molecular flexibility index (Phi) is 1.22. The lowest BCUT2D eigenvalue weighted by molar-refractivity contribution is 1.42. The molecule has 2 heterocycles. The number of aromatic amines is 1. The second-order valence-electron chi connectivity index (χ2n) is 2.23. The first-order chi connectivity index (χ1) is 5.27. The maximum atomic E-state index is 11.1. The predicted octanol–water partition coefficient (Wildman–Crippen LogP) is 1.17. The van der Waals surface area contributed by atoms with Gasteiger partial charge in [-0.1, -0.05) is 0 Å². The van der Waals surface area contributed by atoms with Crippen molar-refractivity contribution in [3.8, 4) is 0 Å². The van der Waals surface area contributed by atoms with Gasteiger partial charge in [-0.15, -0.1) is 11.3 Å². The highest BCUT2D eigenvalue weighted by molar-refractivity contribution is 7.22. The molecule has 0 unspecified atom stereocenters. The highest BCUT2D eigenvalue weighted by atomic mass is 32.1. The number of nitrogen functional groups attached to an aromatic ring is 1. The minimum atomic E-state index is 0.0201. The normalized spacial score (nSPS) is 10.5. The zero-order valence-electron chi connectivity index (χ0n) is 5.63. The van der Waals surface area contributed by atoms with E-state index >= 15 is 0 Å². The van der Waals surface area contributed by atoms with E-state index in [1.165, 1.54) is 17.4 Å². The van der Waals surface area contributed by atoms with Gasteiger partial charge in [0.1, 0.15) is 4.83 Å². The summed E-state index contributed by atoms with van der Waals surface area (Å²) >= 11 is 1.39. The number of rotatable bonds is 0. The largest absolute Gasteiger partial charge is 0.391 e. The molecule has 0 saturated heterocycles. The Morgan fingerprint density at radius 2 is 2.36 bits per heavy atom. The van der Waals surface area contributed by atoms with Crippen LogP contribution in [0.25, 0.3) is 10.2 Å². The number of thiophene rings is 1. The van der Waals surface area contributed by atoms with E-state index in [2.05, 4.69) is 4.98 Å². The summed E-state index contributed by atoms with van der Waals surface area (Å²) in [5.41, 5.74) is 5.54. The number of nitrogens with one attached hydrogen (secondary N) is 1. The predicted molar refractivity (Wildman–Crippen MR) is 46.9 cm³/mol. The van der Waals surface area contributed by atoms with Crippen molar-refractivity contribution >= 4 is 26.6 Å². The molecule has 3 nitrogen and oxygen atoms in total. The van der Waals surface area contributed by atoms with Gasteiger partial charge >= 0.3 is 0 Å². The Labute approximate surface area is 66.5 Å². The highest BCUT2D eigenvalue weighted by Crippen LogP contribution is 2.21. The van der Waals surface area contributed by atoms with E-state index < -0.39 is 0 Å². The number of H-pyrrole nitrogens is 1. The van der Waals surface area contributed by atoms with E-state index in [1.54, 1.807) is 12.3 Å². The molecule has 0 aromatic carbocycles. The maximum Gasteiger partial charge on any atom is 0.190 e. The zero-order chi connectivity index (χ0) is 7.84. The first-order valence-corrected chi connectivity index (χ1v) is 3.96. The molecule has 2 aromatic heterocycles. The fourth-order valence-electron chi connectivity index (χ4n) is 0.983. The van der Waals surface area contributed by atoms with Crippen LogP contribution in [-0.2, 0) is 0 Å². The lowest BCUT2D eigenvalue weighted by Crippen LogP contribution is -1.96. The third kappa shape index (κ3) is 0.914. The Balaban J connectivity index is 3.02. The summed E-state index contributed by atoms with van der Waals surface area (Å²) in [7, 11) is 0. The average Bonchev–Trinajstić information content (AvgIpc) is 2.31. The van der Waals surface area contributed by atoms with E-state index in [4.69, 9.17) is 5.73 Å². The second kappa shape index (κ2) is 2.10. The SMILES string of the molecule is Nc1cc2c(=O)cc[nH]c2s1. The Morgan fingerprint density at radius 3 is 3.09 bits per heavy atom. The van der Waals surface area contributed by atoms with Crippen molar-refractivity contribution in [3.63, 3.8) is 0 Å². The summed E-state index contributed by atoms with van der Waals surface area (Å²) in [5, 5.41) is 1.34. The molecule has 2 rings (SSSR count). The number of nitrogens with two attached hydrogens (primary N) is 1. The van der Waals surface area contributed by atoms with Gasteiger partial charge in [0.25, 0.3) is 0 Å². The van der Waals surface area contributed by atoms with Gasteiger partial charge < -0.3 is 10.7 Å². The number of aromatic nitrogens is 1. The molecule has 0 atom stereocenters. The van der Waals surface area contributed by atoms with Crippen molar-refractivity contribution in [2.24, 2.45) is 0 Å². The van der Waals surface area contributed by atoms with Gasteiger partial charge in [0, 0.05) is 12.3 Å². The lowest BCUT2D eigenvalue weighted by Gasteiger charge is -1.83. The number of anilines is 1. The van der Waals surface area contributed by atoms with E-state index in [0.717, 1.165) is 4.83 Å². The number of hydrogen-bond acceptors (Lipinski definition) is 3. The minimum Gasteiger partial charge on any atom is -0.391 e. The molecule has 0 aliphatic carbocycles. The Hall–Kier alpha value is -1.29. The van der Waals surface area contributed by atoms with Crippen LogP contribution in [-0.4, -0.2) is 4.98 Å². The van der Waals surface area contributed by atoms with Crippen molar-refractivity contribution < 1.29 is 0 Å². The molecule has 0 amide bonds. The molecule has 11 heavy (non-hydrogen) atoms. The first kappa shape index (κ1) is 6.42. The standard InChI is InChI=1S/C7H6N2OS/c8-6-3-4-5(10)1-2-9-7(4)11-6/h1-3H,8H2,(H,9,10). The van der Waals surface area contributed by atoms with Crippen molar-refractivity contribution in [1.29, 1.82) is 0 Å². The fourth-order valence-corrected chi connectivity index (χ4v) is 1.79. The molecule has 0 bridgehead atoms. The van der Waals surface area contributed by atoms with Crippen LogP contribution < -0.4 is 11.2 Å². The van der Waals surface area contributed by atoms with E-state index in [-0.39, 0.29) is 5.43 Å². The molecular weight excluding hydrogens is 160 g/mol. The van der Waals surface area contributed by atoms with Crippen LogP contribution in [0.5, 0.6) is 0 Å². The fraction of sp³-hybridized carbons (Fsp3) is 0. The van der Waals surface area contributed by atoms with E-state index in [0.29, 0.717) is 10.4 Å². The van der Waals surface area contributed by atoms with Gasteiger partial charge in [-0.05, 0) is 6.07 Å². The summed E-state index contributed by atoms with van der Waals surface area (Å²) in [5.74, 6) is 0.